The molecular formula is C30H29N7O3. The van der Waals surface area contributed by atoms with Gasteiger partial charge in [-0.1, -0.05) is 5.92 Å². The zero-order valence-electron chi connectivity index (χ0n) is 22.7. The second-order valence-corrected chi connectivity index (χ2v) is 9.33. The number of carbonyl (C=O) groups is 1. The second kappa shape index (κ2) is 11.7. The van der Waals surface area contributed by atoms with Crippen LogP contribution >= 0.6 is 0 Å². The van der Waals surface area contributed by atoms with Crippen molar-refractivity contribution in [2.75, 3.05) is 37.9 Å². The van der Waals surface area contributed by atoms with Gasteiger partial charge in [-0.25, -0.2) is 15.0 Å². The number of aryl methyl sites for hydroxylation is 1. The summed E-state index contributed by atoms with van der Waals surface area (Å²) in [6.07, 6.45) is 7.03. The number of fused-ring (bicyclic) bond motifs is 2. The lowest BCUT2D eigenvalue weighted by atomic mass is 10.1. The summed E-state index contributed by atoms with van der Waals surface area (Å²) in [4.78, 5) is 27.5. The molecule has 0 aliphatic carbocycles. The van der Waals surface area contributed by atoms with Gasteiger partial charge < -0.3 is 29.4 Å². The van der Waals surface area contributed by atoms with Gasteiger partial charge in [0.1, 0.15) is 41.6 Å². The molecule has 0 radical (unpaired) electrons. The van der Waals surface area contributed by atoms with Crippen LogP contribution in [0.2, 0.25) is 0 Å². The fraction of sp³-hybridized carbons (Fsp3) is 0.200. The van der Waals surface area contributed by atoms with Crippen LogP contribution in [0.25, 0.3) is 16.6 Å². The number of benzene rings is 2. The number of ether oxygens (including phenoxy) is 2. The maximum absolute atomic E-state index is 12.3. The normalized spacial score (nSPS) is 10.8. The second-order valence-electron chi connectivity index (χ2n) is 9.33. The summed E-state index contributed by atoms with van der Waals surface area (Å²) in [5.74, 6) is 7.23. The van der Waals surface area contributed by atoms with Gasteiger partial charge in [-0.05, 0) is 69.8 Å². The van der Waals surface area contributed by atoms with Crippen LogP contribution in [-0.2, 0) is 4.79 Å². The zero-order valence-corrected chi connectivity index (χ0v) is 22.7. The number of pyridine rings is 1. The van der Waals surface area contributed by atoms with Crippen molar-refractivity contribution in [3.63, 3.8) is 0 Å². The summed E-state index contributed by atoms with van der Waals surface area (Å²) in [7, 11) is 3.93. The van der Waals surface area contributed by atoms with Gasteiger partial charge in [0.05, 0.1) is 11.2 Å². The first-order chi connectivity index (χ1) is 19.4. The third-order valence-corrected chi connectivity index (χ3v) is 6.05. The molecule has 1 amide bonds. The molecule has 40 heavy (non-hydrogen) atoms. The Labute approximate surface area is 232 Å². The molecule has 5 aromatic rings. The molecule has 2 aromatic carbocycles. The Hall–Kier alpha value is -5.14. The first kappa shape index (κ1) is 26.5. The van der Waals surface area contributed by atoms with Crippen LogP contribution in [0, 0.1) is 18.8 Å². The molecule has 3 aromatic heterocycles. The highest BCUT2D eigenvalue weighted by Crippen LogP contribution is 2.34. The predicted octanol–water partition coefficient (Wildman–Crippen LogP) is 5.02. The molecule has 10 heteroatoms. The highest BCUT2D eigenvalue weighted by molar-refractivity contribution is 6.06. The number of anilines is 3. The van der Waals surface area contributed by atoms with Crippen LogP contribution in [0.3, 0.4) is 0 Å². The number of amides is 1. The Kier molecular flexibility index (Phi) is 7.75. The Balaban J connectivity index is 1.41. The van der Waals surface area contributed by atoms with Crippen LogP contribution in [0.15, 0.2) is 67.4 Å². The minimum atomic E-state index is -0.427. The predicted molar refractivity (Wildman–Crippen MR) is 155 cm³/mol. The molecule has 0 aliphatic rings. The molecule has 0 spiro atoms. The highest BCUT2D eigenvalue weighted by Gasteiger charge is 2.14. The number of carbonyl (C=O) groups excluding carboxylic acids is 1. The minimum absolute atomic E-state index is 0.427. The zero-order chi connectivity index (χ0) is 28.1. The molecule has 202 valence electrons. The number of rotatable bonds is 9. The van der Waals surface area contributed by atoms with Crippen molar-refractivity contribution in [1.82, 2.24) is 24.3 Å². The van der Waals surface area contributed by atoms with Crippen LogP contribution in [-0.4, -0.2) is 57.4 Å². The Morgan fingerprint density at radius 1 is 1.05 bits per heavy atom. The number of imidazole rings is 1. The summed E-state index contributed by atoms with van der Waals surface area (Å²) in [5.41, 5.74) is 3.73. The maximum Gasteiger partial charge on any atom is 0.300 e. The van der Waals surface area contributed by atoms with E-state index in [0.29, 0.717) is 47.1 Å². The largest absolute Gasteiger partial charge is 0.490 e. The Morgan fingerprint density at radius 3 is 2.73 bits per heavy atom. The van der Waals surface area contributed by atoms with Crippen molar-refractivity contribution >= 4 is 39.6 Å². The van der Waals surface area contributed by atoms with Gasteiger partial charge in [0.15, 0.2) is 0 Å². The maximum atomic E-state index is 12.3. The Bertz CT molecular complexity index is 1750. The van der Waals surface area contributed by atoms with Crippen LogP contribution < -0.4 is 20.1 Å². The third kappa shape index (κ3) is 6.11. The molecule has 0 atom stereocenters. The van der Waals surface area contributed by atoms with Gasteiger partial charge >= 0.3 is 0 Å². The summed E-state index contributed by atoms with van der Waals surface area (Å²) in [6.45, 7) is 4.75. The van der Waals surface area contributed by atoms with Crippen molar-refractivity contribution < 1.29 is 14.3 Å². The van der Waals surface area contributed by atoms with E-state index in [-0.39, 0.29) is 0 Å². The molecule has 0 aliphatic heterocycles. The van der Waals surface area contributed by atoms with E-state index in [4.69, 9.17) is 9.47 Å². The van der Waals surface area contributed by atoms with E-state index in [1.165, 1.54) is 6.33 Å². The van der Waals surface area contributed by atoms with E-state index in [9.17, 15) is 4.79 Å². The van der Waals surface area contributed by atoms with Crippen molar-refractivity contribution in [2.24, 2.45) is 0 Å². The topological polar surface area (TPSA) is 106 Å². The molecule has 0 saturated carbocycles. The van der Waals surface area contributed by atoms with E-state index in [2.05, 4.69) is 37.4 Å². The van der Waals surface area contributed by atoms with E-state index in [1.54, 1.807) is 25.3 Å². The van der Waals surface area contributed by atoms with Crippen molar-refractivity contribution in [3.8, 4) is 29.1 Å². The van der Waals surface area contributed by atoms with Crippen LogP contribution in [0.1, 0.15) is 12.5 Å². The van der Waals surface area contributed by atoms with E-state index in [1.807, 2.05) is 73.0 Å². The highest BCUT2D eigenvalue weighted by atomic mass is 16.5. The summed E-state index contributed by atoms with van der Waals surface area (Å²) < 4.78 is 14.0. The number of nitrogens with one attached hydrogen (secondary N) is 2. The van der Waals surface area contributed by atoms with E-state index in [0.717, 1.165) is 22.6 Å². The quantitative estimate of drug-likeness (QED) is 0.253. The first-order valence-corrected chi connectivity index (χ1v) is 12.7. The molecule has 0 bridgehead atoms. The number of aromatic nitrogens is 4. The lowest BCUT2D eigenvalue weighted by Crippen LogP contribution is -2.20. The van der Waals surface area contributed by atoms with Gasteiger partial charge in [-0.2, -0.15) is 0 Å². The molecule has 0 fully saturated rings. The third-order valence-electron chi connectivity index (χ3n) is 6.05. The van der Waals surface area contributed by atoms with Gasteiger partial charge in [-0.3, -0.25) is 4.79 Å². The number of hydrogen-bond donors (Lipinski definition) is 2. The number of likely N-dealkylation sites (N-methyl/N-ethyl adjacent to an activating group) is 1. The summed E-state index contributed by atoms with van der Waals surface area (Å²) in [5, 5.41) is 6.92. The van der Waals surface area contributed by atoms with Gasteiger partial charge in [-0.15, -0.1) is 0 Å². The number of hydrogen-bond acceptors (Lipinski definition) is 8. The van der Waals surface area contributed by atoms with Gasteiger partial charge in [0.2, 0.25) is 0 Å². The Morgan fingerprint density at radius 2 is 1.93 bits per heavy atom. The van der Waals surface area contributed by atoms with Crippen molar-refractivity contribution in [1.29, 1.82) is 0 Å². The van der Waals surface area contributed by atoms with Crippen LogP contribution in [0.5, 0.6) is 17.2 Å². The molecule has 2 N–H and O–H groups in total. The van der Waals surface area contributed by atoms with Crippen molar-refractivity contribution in [3.05, 3.63) is 72.9 Å². The van der Waals surface area contributed by atoms with Crippen molar-refractivity contribution in [2.45, 2.75) is 13.8 Å². The smallest absolute Gasteiger partial charge is 0.300 e. The fourth-order valence-corrected chi connectivity index (χ4v) is 4.07. The molecule has 0 saturated heterocycles. The minimum Gasteiger partial charge on any atom is -0.490 e. The van der Waals surface area contributed by atoms with Gasteiger partial charge in [0, 0.05) is 48.3 Å². The standard InChI is InChI=1S/C30H29N7O3/c1-5-6-29(38)35-25-17-23-24(18-27(25)39-14-13-36(3)4)32-19-33-30(23)34-21-7-8-26(20(2)15-21)40-22-9-11-37-12-10-31-28(37)16-22/h7-12,15-19H,13-14H2,1-4H3,(H,35,38)(H,32,33,34). The molecule has 3 heterocycles. The summed E-state index contributed by atoms with van der Waals surface area (Å²) >= 11 is 0. The first-order valence-electron chi connectivity index (χ1n) is 12.7. The van der Waals surface area contributed by atoms with Crippen LogP contribution in [0.4, 0.5) is 17.2 Å². The van der Waals surface area contributed by atoms with E-state index >= 15 is 0 Å². The lowest BCUT2D eigenvalue weighted by Gasteiger charge is -2.16. The van der Waals surface area contributed by atoms with Gasteiger partial charge in [0.25, 0.3) is 5.91 Å². The molecule has 0 unspecified atom stereocenters. The fourth-order valence-electron chi connectivity index (χ4n) is 4.07. The SMILES string of the molecule is CC#CC(=O)Nc1cc2c(Nc3ccc(Oc4ccn5ccnc5c4)c(C)c3)ncnc2cc1OCCN(C)C. The van der Waals surface area contributed by atoms with E-state index < -0.39 is 5.91 Å². The number of nitrogens with zero attached hydrogens (tertiary/aromatic N) is 5. The molecule has 5 rings (SSSR count). The molecular weight excluding hydrogens is 506 g/mol. The molecule has 10 nitrogen and oxygen atoms in total. The summed E-state index contributed by atoms with van der Waals surface area (Å²) in [6, 6.07) is 13.2. The monoisotopic (exact) mass is 535 g/mol. The average Bonchev–Trinajstić information content (AvgIpc) is 3.39. The lowest BCUT2D eigenvalue weighted by molar-refractivity contribution is -0.111. The average molecular weight is 536 g/mol.